The summed E-state index contributed by atoms with van der Waals surface area (Å²) in [5.74, 6) is 0.0815. The van der Waals surface area contributed by atoms with Crippen molar-refractivity contribution in [3.63, 3.8) is 0 Å². The summed E-state index contributed by atoms with van der Waals surface area (Å²) < 4.78 is 0. The van der Waals surface area contributed by atoms with Gasteiger partial charge in [-0.25, -0.2) is 0 Å². The molecule has 2 rings (SSSR count). The lowest BCUT2D eigenvalue weighted by Crippen LogP contribution is -1.77. The van der Waals surface area contributed by atoms with Gasteiger partial charge in [0, 0.05) is 11.6 Å². The van der Waals surface area contributed by atoms with Crippen LogP contribution >= 0.6 is 0 Å². The van der Waals surface area contributed by atoms with E-state index >= 15 is 0 Å². The Kier molecular flexibility index (Phi) is 1.37. The van der Waals surface area contributed by atoms with Crippen molar-refractivity contribution < 1.29 is 10.2 Å². The molecule has 0 saturated carbocycles. The first-order valence-electron chi connectivity index (χ1n) is 3.53. The van der Waals surface area contributed by atoms with Crippen LogP contribution < -0.4 is 0 Å². The van der Waals surface area contributed by atoms with Crippen molar-refractivity contribution in [1.82, 2.24) is 4.98 Å². The molecule has 1 aromatic heterocycles. The van der Waals surface area contributed by atoms with Gasteiger partial charge in [-0.3, -0.25) is 4.98 Å². The Morgan fingerprint density at radius 3 is 2.58 bits per heavy atom. The predicted molar refractivity (Wildman–Crippen MR) is 45.1 cm³/mol. The number of aromatic hydroxyl groups is 2. The number of hydrogen-bond donors (Lipinski definition) is 2. The summed E-state index contributed by atoms with van der Waals surface area (Å²) in [4.78, 5) is 3.79. The second-order valence-electron chi connectivity index (χ2n) is 2.53. The highest BCUT2D eigenvalue weighted by atomic mass is 16.3. The van der Waals surface area contributed by atoms with Gasteiger partial charge < -0.3 is 10.2 Å². The average Bonchev–Trinajstić information content (AvgIpc) is 2.04. The van der Waals surface area contributed by atoms with E-state index in [-0.39, 0.29) is 11.5 Å². The predicted octanol–water partition coefficient (Wildman–Crippen LogP) is 1.65. The number of nitrogens with zero attached hydrogens (tertiary/aromatic N) is 1. The summed E-state index contributed by atoms with van der Waals surface area (Å²) in [5.41, 5.74) is 0. The highest BCUT2D eigenvalue weighted by Crippen LogP contribution is 2.30. The van der Waals surface area contributed by atoms with Gasteiger partial charge in [0.05, 0.1) is 11.6 Å². The van der Waals surface area contributed by atoms with E-state index in [1.807, 2.05) is 0 Å². The third-order valence-corrected chi connectivity index (χ3v) is 1.74. The van der Waals surface area contributed by atoms with Crippen molar-refractivity contribution >= 4 is 10.8 Å². The lowest BCUT2D eigenvalue weighted by molar-refractivity contribution is 0.462. The Labute approximate surface area is 68.9 Å². The number of hydrogen-bond acceptors (Lipinski definition) is 3. The van der Waals surface area contributed by atoms with Gasteiger partial charge in [0.25, 0.3) is 0 Å². The Hall–Kier alpha value is -1.77. The van der Waals surface area contributed by atoms with E-state index in [0.717, 1.165) is 5.39 Å². The zero-order valence-corrected chi connectivity index (χ0v) is 6.23. The SMILES string of the molecule is Oc1cccc2cncc(O)c12. The molecule has 3 nitrogen and oxygen atoms in total. The number of benzene rings is 1. The van der Waals surface area contributed by atoms with Crippen LogP contribution in [-0.2, 0) is 0 Å². The van der Waals surface area contributed by atoms with Crippen LogP contribution in [0.15, 0.2) is 30.6 Å². The van der Waals surface area contributed by atoms with E-state index in [1.165, 1.54) is 12.3 Å². The van der Waals surface area contributed by atoms with Gasteiger partial charge in [-0.05, 0) is 6.07 Å². The molecule has 0 bridgehead atoms. The van der Waals surface area contributed by atoms with Crippen molar-refractivity contribution in [2.75, 3.05) is 0 Å². The van der Waals surface area contributed by atoms with E-state index in [4.69, 9.17) is 0 Å². The maximum Gasteiger partial charge on any atom is 0.145 e. The third-order valence-electron chi connectivity index (χ3n) is 1.74. The number of rotatable bonds is 0. The van der Waals surface area contributed by atoms with Gasteiger partial charge >= 0.3 is 0 Å². The van der Waals surface area contributed by atoms with Crippen molar-refractivity contribution in [2.24, 2.45) is 0 Å². The largest absolute Gasteiger partial charge is 0.507 e. The first-order chi connectivity index (χ1) is 5.79. The number of phenols is 1. The Bertz CT molecular complexity index is 389. The minimum absolute atomic E-state index is 0.00519. The first-order valence-corrected chi connectivity index (χ1v) is 3.53. The smallest absolute Gasteiger partial charge is 0.145 e. The van der Waals surface area contributed by atoms with Crippen LogP contribution in [-0.4, -0.2) is 15.2 Å². The van der Waals surface area contributed by atoms with E-state index < -0.39 is 0 Å². The molecule has 0 aliphatic rings. The van der Waals surface area contributed by atoms with Gasteiger partial charge in [0.15, 0.2) is 0 Å². The number of fused-ring (bicyclic) bond motifs is 1. The van der Waals surface area contributed by atoms with Crippen LogP contribution in [0.2, 0.25) is 0 Å². The molecule has 0 radical (unpaired) electrons. The first kappa shape index (κ1) is 6.91. The molecule has 12 heavy (non-hydrogen) atoms. The number of phenolic OH excluding ortho intramolecular Hbond substituents is 1. The van der Waals surface area contributed by atoms with Gasteiger partial charge in [-0.2, -0.15) is 0 Å². The number of pyridine rings is 1. The van der Waals surface area contributed by atoms with E-state index in [2.05, 4.69) is 4.98 Å². The molecule has 0 atom stereocenters. The highest BCUT2D eigenvalue weighted by molar-refractivity contribution is 5.92. The van der Waals surface area contributed by atoms with Crippen molar-refractivity contribution in [2.45, 2.75) is 0 Å². The zero-order valence-electron chi connectivity index (χ0n) is 6.23. The Morgan fingerprint density at radius 2 is 1.83 bits per heavy atom. The summed E-state index contributed by atoms with van der Waals surface area (Å²) in [7, 11) is 0. The molecule has 1 heterocycles. The quantitative estimate of drug-likeness (QED) is 0.617. The van der Waals surface area contributed by atoms with Crippen LogP contribution in [0, 0.1) is 0 Å². The molecule has 0 aliphatic carbocycles. The molecular formula is C9H7NO2. The molecule has 0 amide bonds. The minimum atomic E-state index is 0.00519. The fourth-order valence-electron chi connectivity index (χ4n) is 1.20. The maximum absolute atomic E-state index is 9.36. The summed E-state index contributed by atoms with van der Waals surface area (Å²) in [6.45, 7) is 0. The molecule has 0 unspecified atom stereocenters. The molecule has 0 fully saturated rings. The fourth-order valence-corrected chi connectivity index (χ4v) is 1.20. The molecule has 2 aromatic rings. The minimum Gasteiger partial charge on any atom is -0.507 e. The van der Waals surface area contributed by atoms with E-state index in [0.29, 0.717) is 5.39 Å². The molecule has 3 heteroatoms. The van der Waals surface area contributed by atoms with Crippen molar-refractivity contribution in [3.8, 4) is 11.5 Å². The fraction of sp³-hybridized carbons (Fsp3) is 0. The molecule has 1 aromatic carbocycles. The van der Waals surface area contributed by atoms with Crippen LogP contribution in [0.1, 0.15) is 0 Å². The summed E-state index contributed by atoms with van der Waals surface area (Å²) >= 11 is 0. The monoisotopic (exact) mass is 161 g/mol. The van der Waals surface area contributed by atoms with Crippen LogP contribution in [0.3, 0.4) is 0 Å². The van der Waals surface area contributed by atoms with Crippen LogP contribution in [0.5, 0.6) is 11.5 Å². The lowest BCUT2D eigenvalue weighted by Gasteiger charge is -2.00. The lowest BCUT2D eigenvalue weighted by atomic mass is 10.1. The standard InChI is InChI=1S/C9H7NO2/c11-7-3-1-2-6-4-10-5-8(12)9(6)7/h1-5,11-12H. The van der Waals surface area contributed by atoms with Crippen molar-refractivity contribution in [1.29, 1.82) is 0 Å². The average molecular weight is 161 g/mol. The normalized spacial score (nSPS) is 10.3. The third kappa shape index (κ3) is 0.871. The summed E-state index contributed by atoms with van der Waals surface area (Å²) in [6.07, 6.45) is 2.90. The zero-order chi connectivity index (χ0) is 8.55. The summed E-state index contributed by atoms with van der Waals surface area (Å²) in [5, 5.41) is 19.9. The van der Waals surface area contributed by atoms with E-state index in [1.54, 1.807) is 18.3 Å². The van der Waals surface area contributed by atoms with Gasteiger partial charge in [0.1, 0.15) is 11.5 Å². The number of aromatic nitrogens is 1. The summed E-state index contributed by atoms with van der Waals surface area (Å²) in [6, 6.07) is 5.02. The molecule has 2 N–H and O–H groups in total. The van der Waals surface area contributed by atoms with Crippen molar-refractivity contribution in [3.05, 3.63) is 30.6 Å². The van der Waals surface area contributed by atoms with Gasteiger partial charge in [0.2, 0.25) is 0 Å². The van der Waals surface area contributed by atoms with Crippen LogP contribution in [0.4, 0.5) is 0 Å². The molecule has 0 spiro atoms. The van der Waals surface area contributed by atoms with E-state index in [9.17, 15) is 10.2 Å². The van der Waals surface area contributed by atoms with Gasteiger partial charge in [-0.1, -0.05) is 12.1 Å². The Balaban J connectivity index is 2.96. The molecule has 60 valence electrons. The van der Waals surface area contributed by atoms with Crippen LogP contribution in [0.25, 0.3) is 10.8 Å². The highest BCUT2D eigenvalue weighted by Gasteiger charge is 2.03. The maximum atomic E-state index is 9.36. The van der Waals surface area contributed by atoms with Gasteiger partial charge in [-0.15, -0.1) is 0 Å². The Morgan fingerprint density at radius 1 is 1.00 bits per heavy atom. The molecule has 0 aliphatic heterocycles. The topological polar surface area (TPSA) is 53.4 Å². The second kappa shape index (κ2) is 2.37. The second-order valence-corrected chi connectivity index (χ2v) is 2.53. The molecule has 0 saturated heterocycles. The molecular weight excluding hydrogens is 154 g/mol.